The highest BCUT2D eigenvalue weighted by atomic mass is 32.2. The summed E-state index contributed by atoms with van der Waals surface area (Å²) < 4.78 is 0. The van der Waals surface area contributed by atoms with Crippen molar-refractivity contribution >= 4 is 23.6 Å². The molecule has 5 heteroatoms. The highest BCUT2D eigenvalue weighted by molar-refractivity contribution is 8.00. The average Bonchev–Trinajstić information content (AvgIpc) is 2.52. The van der Waals surface area contributed by atoms with Gasteiger partial charge in [-0.25, -0.2) is 0 Å². The van der Waals surface area contributed by atoms with Crippen molar-refractivity contribution in [2.24, 2.45) is 0 Å². The molecule has 0 spiro atoms. The Morgan fingerprint density at radius 1 is 0.875 bits per heavy atom. The first-order valence-electron chi connectivity index (χ1n) is 7.73. The summed E-state index contributed by atoms with van der Waals surface area (Å²) in [5.41, 5.74) is 10.0. The zero-order chi connectivity index (χ0) is 17.7. The Balaban J connectivity index is 1.86. The molecule has 0 saturated heterocycles. The number of aryl methyl sites for hydroxylation is 4. The summed E-state index contributed by atoms with van der Waals surface area (Å²) in [5.74, 6) is -0.310. The number of benzene rings is 2. The van der Waals surface area contributed by atoms with Crippen LogP contribution in [0, 0.1) is 27.7 Å². The first-order chi connectivity index (χ1) is 11.4. The van der Waals surface area contributed by atoms with Gasteiger partial charge in [0.1, 0.15) is 0 Å². The van der Waals surface area contributed by atoms with Gasteiger partial charge in [0.2, 0.25) is 5.91 Å². The van der Waals surface area contributed by atoms with Crippen molar-refractivity contribution in [3.63, 3.8) is 0 Å². The molecule has 0 saturated carbocycles. The maximum atomic E-state index is 11.9. The standard InChI is InChI=1S/C19H22N2O2S/c1-12-5-7-16(8-6-12)19(23)21-20-17(22)11-24-18-14(3)9-13(2)10-15(18)4/h5-10H,11H2,1-4H3,(H,20,22)(H,21,23). The molecule has 0 bridgehead atoms. The lowest BCUT2D eigenvalue weighted by Gasteiger charge is -2.11. The van der Waals surface area contributed by atoms with Crippen LogP contribution in [0.3, 0.4) is 0 Å². The van der Waals surface area contributed by atoms with Crippen LogP contribution >= 0.6 is 11.8 Å². The summed E-state index contributed by atoms with van der Waals surface area (Å²) in [6.45, 7) is 8.09. The van der Waals surface area contributed by atoms with E-state index in [0.717, 1.165) is 21.6 Å². The maximum absolute atomic E-state index is 11.9. The van der Waals surface area contributed by atoms with Crippen molar-refractivity contribution in [2.45, 2.75) is 32.6 Å². The molecule has 2 amide bonds. The summed E-state index contributed by atoms with van der Waals surface area (Å²) in [4.78, 5) is 25.0. The van der Waals surface area contributed by atoms with Crippen LogP contribution in [0.4, 0.5) is 0 Å². The molecule has 0 aliphatic rings. The van der Waals surface area contributed by atoms with E-state index in [9.17, 15) is 9.59 Å². The third-order valence-electron chi connectivity index (χ3n) is 3.58. The van der Waals surface area contributed by atoms with Gasteiger partial charge in [-0.1, -0.05) is 35.4 Å². The topological polar surface area (TPSA) is 58.2 Å². The highest BCUT2D eigenvalue weighted by Gasteiger charge is 2.10. The quantitative estimate of drug-likeness (QED) is 0.661. The normalized spacial score (nSPS) is 10.3. The van der Waals surface area contributed by atoms with Crippen LogP contribution in [-0.2, 0) is 4.79 Å². The fourth-order valence-electron chi connectivity index (χ4n) is 2.47. The summed E-state index contributed by atoms with van der Waals surface area (Å²) in [6.07, 6.45) is 0. The summed E-state index contributed by atoms with van der Waals surface area (Å²) in [6, 6.07) is 11.4. The van der Waals surface area contributed by atoms with Crippen molar-refractivity contribution in [1.82, 2.24) is 10.9 Å². The van der Waals surface area contributed by atoms with Gasteiger partial charge in [0.25, 0.3) is 5.91 Å². The Morgan fingerprint density at radius 2 is 1.46 bits per heavy atom. The van der Waals surface area contributed by atoms with Gasteiger partial charge in [0, 0.05) is 10.5 Å². The molecule has 24 heavy (non-hydrogen) atoms. The molecule has 2 aromatic carbocycles. The molecule has 2 N–H and O–H groups in total. The Morgan fingerprint density at radius 3 is 2.04 bits per heavy atom. The van der Waals surface area contributed by atoms with Crippen LogP contribution < -0.4 is 10.9 Å². The lowest BCUT2D eigenvalue weighted by Crippen LogP contribution is -2.42. The van der Waals surface area contributed by atoms with Gasteiger partial charge in [0.05, 0.1) is 5.75 Å². The van der Waals surface area contributed by atoms with E-state index in [1.165, 1.54) is 17.3 Å². The van der Waals surface area contributed by atoms with Crippen molar-refractivity contribution in [2.75, 3.05) is 5.75 Å². The second-order valence-electron chi connectivity index (χ2n) is 5.88. The number of thioether (sulfide) groups is 1. The van der Waals surface area contributed by atoms with Gasteiger partial charge in [-0.3, -0.25) is 20.4 Å². The largest absolute Gasteiger partial charge is 0.272 e. The Labute approximate surface area is 147 Å². The molecule has 126 valence electrons. The number of hydrogen-bond acceptors (Lipinski definition) is 3. The van der Waals surface area contributed by atoms with Crippen LogP contribution in [0.1, 0.15) is 32.6 Å². The molecule has 0 fully saturated rings. The van der Waals surface area contributed by atoms with E-state index in [-0.39, 0.29) is 17.6 Å². The number of rotatable bonds is 4. The Kier molecular flexibility index (Phi) is 6.04. The van der Waals surface area contributed by atoms with Gasteiger partial charge >= 0.3 is 0 Å². The van der Waals surface area contributed by atoms with Crippen LogP contribution in [0.25, 0.3) is 0 Å². The lowest BCUT2D eigenvalue weighted by atomic mass is 10.1. The molecule has 0 aliphatic heterocycles. The number of carbonyl (C=O) groups is 2. The molecule has 0 unspecified atom stereocenters. The van der Waals surface area contributed by atoms with Gasteiger partial charge in [-0.2, -0.15) is 0 Å². The first kappa shape index (κ1) is 18.1. The van der Waals surface area contributed by atoms with Gasteiger partial charge in [0.15, 0.2) is 0 Å². The number of amides is 2. The van der Waals surface area contributed by atoms with E-state index in [0.29, 0.717) is 5.56 Å². The van der Waals surface area contributed by atoms with E-state index in [1.54, 1.807) is 12.1 Å². The summed E-state index contributed by atoms with van der Waals surface area (Å²) in [7, 11) is 0. The Bertz CT molecular complexity index is 731. The number of nitrogens with one attached hydrogen (secondary N) is 2. The van der Waals surface area contributed by atoms with Crippen molar-refractivity contribution in [3.8, 4) is 0 Å². The minimum absolute atomic E-state index is 0.236. The molecular weight excluding hydrogens is 320 g/mol. The number of hydrogen-bond donors (Lipinski definition) is 2. The SMILES string of the molecule is Cc1ccc(C(=O)NNC(=O)CSc2c(C)cc(C)cc2C)cc1. The average molecular weight is 342 g/mol. The monoisotopic (exact) mass is 342 g/mol. The second-order valence-corrected chi connectivity index (χ2v) is 6.87. The predicted molar refractivity (Wildman–Crippen MR) is 98.2 cm³/mol. The molecule has 0 radical (unpaired) electrons. The molecule has 2 rings (SSSR count). The third-order valence-corrected chi connectivity index (χ3v) is 4.92. The minimum atomic E-state index is -0.323. The summed E-state index contributed by atoms with van der Waals surface area (Å²) >= 11 is 1.48. The highest BCUT2D eigenvalue weighted by Crippen LogP contribution is 2.27. The molecule has 0 heterocycles. The summed E-state index contributed by atoms with van der Waals surface area (Å²) in [5, 5.41) is 0. The van der Waals surface area contributed by atoms with Crippen LogP contribution in [0.2, 0.25) is 0 Å². The van der Waals surface area contributed by atoms with Crippen LogP contribution in [0.15, 0.2) is 41.3 Å². The first-order valence-corrected chi connectivity index (χ1v) is 8.72. The van der Waals surface area contributed by atoms with Crippen LogP contribution in [-0.4, -0.2) is 17.6 Å². The Hall–Kier alpha value is -2.27. The molecule has 0 atom stereocenters. The zero-order valence-corrected chi connectivity index (χ0v) is 15.2. The molecule has 0 aliphatic carbocycles. The predicted octanol–water partition coefficient (Wildman–Crippen LogP) is 3.47. The smallest absolute Gasteiger partial charge is 0.269 e. The number of hydrazine groups is 1. The van der Waals surface area contributed by atoms with E-state index >= 15 is 0 Å². The lowest BCUT2D eigenvalue weighted by molar-refractivity contribution is -0.119. The maximum Gasteiger partial charge on any atom is 0.269 e. The molecule has 2 aromatic rings. The fourth-order valence-corrected chi connectivity index (χ4v) is 3.39. The fraction of sp³-hybridized carbons (Fsp3) is 0.263. The third kappa shape index (κ3) is 4.86. The van der Waals surface area contributed by atoms with E-state index in [1.807, 2.05) is 32.9 Å². The van der Waals surface area contributed by atoms with Crippen LogP contribution in [0.5, 0.6) is 0 Å². The molecular formula is C19H22N2O2S. The van der Waals surface area contributed by atoms with E-state index in [2.05, 4.69) is 29.9 Å². The van der Waals surface area contributed by atoms with Gasteiger partial charge in [-0.15, -0.1) is 11.8 Å². The van der Waals surface area contributed by atoms with Gasteiger partial charge in [-0.05, 0) is 51.0 Å². The van der Waals surface area contributed by atoms with Gasteiger partial charge < -0.3 is 0 Å². The van der Waals surface area contributed by atoms with Crippen molar-refractivity contribution in [3.05, 3.63) is 64.2 Å². The minimum Gasteiger partial charge on any atom is -0.272 e. The van der Waals surface area contributed by atoms with Crippen molar-refractivity contribution in [1.29, 1.82) is 0 Å². The number of carbonyl (C=O) groups excluding carboxylic acids is 2. The molecule has 4 nitrogen and oxygen atoms in total. The van der Waals surface area contributed by atoms with E-state index in [4.69, 9.17) is 0 Å². The van der Waals surface area contributed by atoms with E-state index < -0.39 is 0 Å². The zero-order valence-electron chi connectivity index (χ0n) is 14.4. The molecule has 0 aromatic heterocycles. The van der Waals surface area contributed by atoms with Crippen molar-refractivity contribution < 1.29 is 9.59 Å². The second kappa shape index (κ2) is 8.02.